The molecular formula is C18H17ClN4O4. The Kier molecular flexibility index (Phi) is 5.00. The third kappa shape index (κ3) is 3.70. The summed E-state index contributed by atoms with van der Waals surface area (Å²) in [5, 5.41) is 3.04. The van der Waals surface area contributed by atoms with E-state index in [4.69, 9.17) is 11.6 Å². The zero-order valence-electron chi connectivity index (χ0n) is 14.7. The van der Waals surface area contributed by atoms with Crippen LogP contribution in [0.15, 0.2) is 38.6 Å². The van der Waals surface area contributed by atoms with Gasteiger partial charge in [-0.15, -0.1) is 0 Å². The molecule has 140 valence electrons. The standard InChI is InChI=1S/C18H17ClN4O4/c1-9-7-10(2)21-16(25)14(9)15(24)20-5-6-23-13-4-3-11(19)8-12(13)22-17(26)18(23)27/h3-4,7-8H,5-6H2,1-2H3,(H,20,24)(H,21,25)(H,22,26). The van der Waals surface area contributed by atoms with E-state index in [1.165, 1.54) is 4.57 Å². The summed E-state index contributed by atoms with van der Waals surface area (Å²) < 4.78 is 1.26. The molecule has 3 N–H and O–H groups in total. The van der Waals surface area contributed by atoms with Crippen LogP contribution in [0, 0.1) is 13.8 Å². The number of amides is 1. The van der Waals surface area contributed by atoms with Gasteiger partial charge >= 0.3 is 11.1 Å². The van der Waals surface area contributed by atoms with Gasteiger partial charge in [-0.3, -0.25) is 19.2 Å². The molecule has 2 heterocycles. The molecule has 8 nitrogen and oxygen atoms in total. The van der Waals surface area contributed by atoms with Crippen molar-refractivity contribution in [2.24, 2.45) is 0 Å². The molecule has 0 aliphatic carbocycles. The molecule has 0 fully saturated rings. The van der Waals surface area contributed by atoms with Gasteiger partial charge in [0.2, 0.25) is 0 Å². The summed E-state index contributed by atoms with van der Waals surface area (Å²) in [6, 6.07) is 6.47. The van der Waals surface area contributed by atoms with Crippen LogP contribution in [0.4, 0.5) is 0 Å². The highest BCUT2D eigenvalue weighted by molar-refractivity contribution is 6.31. The maximum absolute atomic E-state index is 12.3. The maximum Gasteiger partial charge on any atom is 0.316 e. The molecule has 3 aromatic rings. The number of halogens is 1. The lowest BCUT2D eigenvalue weighted by Gasteiger charge is -2.11. The number of fused-ring (bicyclic) bond motifs is 1. The Morgan fingerprint density at radius 2 is 1.85 bits per heavy atom. The average molecular weight is 389 g/mol. The van der Waals surface area contributed by atoms with Crippen molar-refractivity contribution in [1.29, 1.82) is 0 Å². The highest BCUT2D eigenvalue weighted by Crippen LogP contribution is 2.15. The quantitative estimate of drug-likeness (QED) is 0.580. The molecule has 1 amide bonds. The molecule has 0 saturated heterocycles. The van der Waals surface area contributed by atoms with Crippen molar-refractivity contribution in [2.75, 3.05) is 6.54 Å². The molecule has 0 aliphatic heterocycles. The van der Waals surface area contributed by atoms with Crippen molar-refractivity contribution in [3.8, 4) is 0 Å². The average Bonchev–Trinajstić information content (AvgIpc) is 2.57. The van der Waals surface area contributed by atoms with Gasteiger partial charge in [-0.05, 0) is 43.7 Å². The van der Waals surface area contributed by atoms with Gasteiger partial charge in [-0.2, -0.15) is 0 Å². The van der Waals surface area contributed by atoms with E-state index in [-0.39, 0.29) is 18.7 Å². The monoisotopic (exact) mass is 388 g/mol. The van der Waals surface area contributed by atoms with Crippen LogP contribution in [-0.4, -0.2) is 27.0 Å². The van der Waals surface area contributed by atoms with Gasteiger partial charge < -0.3 is 19.9 Å². The minimum absolute atomic E-state index is 0.0236. The third-order valence-corrected chi connectivity index (χ3v) is 4.39. The Morgan fingerprint density at radius 3 is 2.56 bits per heavy atom. The molecule has 0 spiro atoms. The summed E-state index contributed by atoms with van der Waals surface area (Å²) in [6.45, 7) is 3.53. The number of hydrogen-bond acceptors (Lipinski definition) is 4. The first-order valence-corrected chi connectivity index (χ1v) is 8.57. The van der Waals surface area contributed by atoms with Crippen LogP contribution in [0.2, 0.25) is 5.02 Å². The zero-order valence-corrected chi connectivity index (χ0v) is 15.4. The van der Waals surface area contributed by atoms with Gasteiger partial charge in [0.1, 0.15) is 5.56 Å². The van der Waals surface area contributed by atoms with E-state index >= 15 is 0 Å². The van der Waals surface area contributed by atoms with E-state index in [2.05, 4.69) is 15.3 Å². The van der Waals surface area contributed by atoms with E-state index < -0.39 is 22.6 Å². The number of nitrogens with zero attached hydrogens (tertiary/aromatic N) is 1. The third-order valence-electron chi connectivity index (χ3n) is 4.15. The molecule has 0 aliphatic rings. The predicted molar refractivity (Wildman–Crippen MR) is 103 cm³/mol. The fourth-order valence-corrected chi connectivity index (χ4v) is 3.15. The number of aromatic amines is 2. The minimum atomic E-state index is -0.776. The first-order chi connectivity index (χ1) is 12.8. The van der Waals surface area contributed by atoms with Crippen molar-refractivity contribution < 1.29 is 4.79 Å². The fourth-order valence-electron chi connectivity index (χ4n) is 2.98. The number of aryl methyl sites for hydroxylation is 2. The predicted octanol–water partition coefficient (Wildman–Crippen LogP) is 1.08. The van der Waals surface area contributed by atoms with Crippen LogP contribution in [0.25, 0.3) is 11.0 Å². The summed E-state index contributed by atoms with van der Waals surface area (Å²) in [4.78, 5) is 53.4. The number of carbonyl (C=O) groups is 1. The SMILES string of the molecule is Cc1cc(C)c(C(=O)NCCn2c(=O)c(=O)[nH]c3cc(Cl)ccc32)c(=O)[nH]1. The second-order valence-corrected chi connectivity index (χ2v) is 6.60. The first-order valence-electron chi connectivity index (χ1n) is 8.19. The van der Waals surface area contributed by atoms with Crippen LogP contribution in [-0.2, 0) is 6.54 Å². The molecule has 9 heteroatoms. The normalized spacial score (nSPS) is 10.9. The van der Waals surface area contributed by atoms with Crippen molar-refractivity contribution in [1.82, 2.24) is 19.9 Å². The Morgan fingerprint density at radius 1 is 1.11 bits per heavy atom. The van der Waals surface area contributed by atoms with Gasteiger partial charge in [0.15, 0.2) is 0 Å². The van der Waals surface area contributed by atoms with Crippen molar-refractivity contribution in [2.45, 2.75) is 20.4 Å². The smallest absolute Gasteiger partial charge is 0.316 e. The molecular weight excluding hydrogens is 372 g/mol. The van der Waals surface area contributed by atoms with Gasteiger partial charge in [0.05, 0.1) is 11.0 Å². The van der Waals surface area contributed by atoms with Gasteiger partial charge in [-0.25, -0.2) is 0 Å². The zero-order chi connectivity index (χ0) is 19.7. The summed E-state index contributed by atoms with van der Waals surface area (Å²) in [7, 11) is 0. The number of hydrogen-bond donors (Lipinski definition) is 3. The molecule has 0 radical (unpaired) electrons. The summed E-state index contributed by atoms with van der Waals surface area (Å²) in [5.41, 5.74) is 0.169. The van der Waals surface area contributed by atoms with Crippen LogP contribution in [0.3, 0.4) is 0 Å². The lowest BCUT2D eigenvalue weighted by atomic mass is 10.1. The van der Waals surface area contributed by atoms with Crippen molar-refractivity contribution in [3.05, 3.63) is 77.2 Å². The fraction of sp³-hybridized carbons (Fsp3) is 0.222. The molecule has 2 aromatic heterocycles. The number of aromatic nitrogens is 3. The van der Waals surface area contributed by atoms with Crippen LogP contribution < -0.4 is 22.0 Å². The lowest BCUT2D eigenvalue weighted by molar-refractivity contribution is 0.0950. The van der Waals surface area contributed by atoms with Crippen molar-refractivity contribution in [3.63, 3.8) is 0 Å². The van der Waals surface area contributed by atoms with E-state index in [1.54, 1.807) is 38.1 Å². The molecule has 0 bridgehead atoms. The number of pyridine rings is 1. The van der Waals surface area contributed by atoms with Crippen LogP contribution in [0.5, 0.6) is 0 Å². The summed E-state index contributed by atoms with van der Waals surface area (Å²) in [5.74, 6) is -0.543. The van der Waals surface area contributed by atoms with Crippen LogP contribution >= 0.6 is 11.6 Å². The summed E-state index contributed by atoms with van der Waals surface area (Å²) >= 11 is 5.92. The number of rotatable bonds is 4. The second-order valence-electron chi connectivity index (χ2n) is 6.17. The van der Waals surface area contributed by atoms with E-state index in [0.717, 1.165) is 0 Å². The number of carbonyl (C=O) groups excluding carboxylic acids is 1. The van der Waals surface area contributed by atoms with Gasteiger partial charge in [-0.1, -0.05) is 11.6 Å². The number of H-pyrrole nitrogens is 2. The molecule has 3 rings (SSSR count). The molecule has 1 aromatic carbocycles. The highest BCUT2D eigenvalue weighted by Gasteiger charge is 2.14. The molecule has 0 atom stereocenters. The van der Waals surface area contributed by atoms with E-state index in [1.807, 2.05) is 0 Å². The van der Waals surface area contributed by atoms with Gasteiger partial charge in [0, 0.05) is 23.8 Å². The van der Waals surface area contributed by atoms with Gasteiger partial charge in [0.25, 0.3) is 11.5 Å². The Hall–Kier alpha value is -3.13. The first kappa shape index (κ1) is 18.7. The van der Waals surface area contributed by atoms with Crippen LogP contribution in [0.1, 0.15) is 21.6 Å². The lowest BCUT2D eigenvalue weighted by Crippen LogP contribution is -2.39. The summed E-state index contributed by atoms with van der Waals surface area (Å²) in [6.07, 6.45) is 0. The largest absolute Gasteiger partial charge is 0.350 e. The van der Waals surface area contributed by atoms with Crippen molar-refractivity contribution >= 4 is 28.5 Å². The number of benzene rings is 1. The number of nitrogens with one attached hydrogen (secondary N) is 3. The molecule has 0 unspecified atom stereocenters. The Balaban J connectivity index is 1.85. The van der Waals surface area contributed by atoms with E-state index in [9.17, 15) is 19.2 Å². The molecule has 27 heavy (non-hydrogen) atoms. The molecule has 0 saturated carbocycles. The maximum atomic E-state index is 12.3. The highest BCUT2D eigenvalue weighted by atomic mass is 35.5. The Bertz CT molecular complexity index is 1220. The van der Waals surface area contributed by atoms with E-state index in [0.29, 0.717) is 27.3 Å². The topological polar surface area (TPSA) is 117 Å². The second kappa shape index (κ2) is 7.24. The minimum Gasteiger partial charge on any atom is -0.350 e. The Labute approximate surface area is 157 Å².